The van der Waals surface area contributed by atoms with Crippen LogP contribution in [0.25, 0.3) is 0 Å². The Kier molecular flexibility index (Phi) is 4.59. The van der Waals surface area contributed by atoms with Crippen LogP contribution in [0.2, 0.25) is 0 Å². The molecule has 2 aliphatic heterocycles. The van der Waals surface area contributed by atoms with E-state index in [0.717, 1.165) is 31.8 Å². The number of nitrogens with one attached hydrogen (secondary N) is 1. The fourth-order valence-electron chi connectivity index (χ4n) is 3.15. The first-order chi connectivity index (χ1) is 10.5. The molecular formula is C16H25N3O2S. The number of piperidine rings is 1. The summed E-state index contributed by atoms with van der Waals surface area (Å²) in [4.78, 5) is 2.37. The Labute approximate surface area is 133 Å². The van der Waals surface area contributed by atoms with Crippen molar-refractivity contribution < 1.29 is 8.42 Å². The van der Waals surface area contributed by atoms with E-state index in [0.29, 0.717) is 18.8 Å². The Balaban J connectivity index is 1.64. The van der Waals surface area contributed by atoms with Gasteiger partial charge in [0.1, 0.15) is 0 Å². The molecule has 1 aromatic rings. The van der Waals surface area contributed by atoms with Crippen molar-refractivity contribution in [3.05, 3.63) is 24.3 Å². The standard InChI is InChI=1S/C16H25N3O2S/c1-14-8-12-18(13-9-14)16-6-4-15(5-7-16)17-22(20,21)19-10-2-3-11-19/h4-7,14,17H,2-3,8-13H2,1H3. The van der Waals surface area contributed by atoms with Crippen LogP contribution in [-0.2, 0) is 10.2 Å². The maximum absolute atomic E-state index is 12.2. The molecule has 2 heterocycles. The summed E-state index contributed by atoms with van der Waals surface area (Å²) in [7, 11) is -3.39. The van der Waals surface area contributed by atoms with Crippen LogP contribution < -0.4 is 9.62 Å². The lowest BCUT2D eigenvalue weighted by Gasteiger charge is -2.32. The first-order valence-corrected chi connectivity index (χ1v) is 9.61. The molecular weight excluding hydrogens is 298 g/mol. The van der Waals surface area contributed by atoms with Crippen molar-refractivity contribution in [2.45, 2.75) is 32.6 Å². The second-order valence-corrected chi connectivity index (χ2v) is 8.10. The van der Waals surface area contributed by atoms with Crippen LogP contribution in [-0.4, -0.2) is 38.9 Å². The van der Waals surface area contributed by atoms with Crippen molar-refractivity contribution in [3.8, 4) is 0 Å². The molecule has 0 amide bonds. The summed E-state index contributed by atoms with van der Waals surface area (Å²) in [5.74, 6) is 0.808. The molecule has 2 saturated heterocycles. The van der Waals surface area contributed by atoms with Gasteiger partial charge in [0.15, 0.2) is 0 Å². The van der Waals surface area contributed by atoms with Gasteiger partial charge < -0.3 is 4.90 Å². The molecule has 0 aliphatic carbocycles. The van der Waals surface area contributed by atoms with Gasteiger partial charge >= 0.3 is 10.2 Å². The molecule has 6 heteroatoms. The van der Waals surface area contributed by atoms with Crippen molar-refractivity contribution in [1.29, 1.82) is 0 Å². The number of anilines is 2. The van der Waals surface area contributed by atoms with Gasteiger partial charge in [0, 0.05) is 37.6 Å². The maximum atomic E-state index is 12.2. The first kappa shape index (κ1) is 15.6. The summed E-state index contributed by atoms with van der Waals surface area (Å²) >= 11 is 0. The van der Waals surface area contributed by atoms with Crippen LogP contribution in [0.1, 0.15) is 32.6 Å². The Bertz CT molecular complexity index is 586. The largest absolute Gasteiger partial charge is 0.372 e. The lowest BCUT2D eigenvalue weighted by atomic mass is 9.99. The van der Waals surface area contributed by atoms with Crippen LogP contribution in [0.15, 0.2) is 24.3 Å². The van der Waals surface area contributed by atoms with Crippen molar-refractivity contribution >= 4 is 21.6 Å². The molecule has 0 unspecified atom stereocenters. The third-order valence-electron chi connectivity index (χ3n) is 4.67. The predicted molar refractivity (Wildman–Crippen MR) is 90.4 cm³/mol. The highest BCUT2D eigenvalue weighted by Crippen LogP contribution is 2.25. The van der Waals surface area contributed by atoms with Gasteiger partial charge in [-0.1, -0.05) is 6.92 Å². The molecule has 5 nitrogen and oxygen atoms in total. The minimum Gasteiger partial charge on any atom is -0.372 e. The Hall–Kier alpha value is -1.27. The molecule has 22 heavy (non-hydrogen) atoms. The van der Waals surface area contributed by atoms with Gasteiger partial charge in [0.05, 0.1) is 0 Å². The van der Waals surface area contributed by atoms with E-state index >= 15 is 0 Å². The fourth-order valence-corrected chi connectivity index (χ4v) is 4.45. The zero-order chi connectivity index (χ0) is 15.6. The molecule has 0 bridgehead atoms. The van der Waals surface area contributed by atoms with E-state index in [2.05, 4.69) is 16.5 Å². The Morgan fingerprint density at radius 2 is 1.59 bits per heavy atom. The van der Waals surface area contributed by atoms with Gasteiger partial charge in [0.2, 0.25) is 0 Å². The third-order valence-corrected chi connectivity index (χ3v) is 6.21. The summed E-state index contributed by atoms with van der Waals surface area (Å²) in [6.45, 7) is 5.71. The topological polar surface area (TPSA) is 52.7 Å². The zero-order valence-electron chi connectivity index (χ0n) is 13.2. The van der Waals surface area contributed by atoms with Gasteiger partial charge in [-0.15, -0.1) is 0 Å². The highest BCUT2D eigenvalue weighted by atomic mass is 32.2. The van der Waals surface area contributed by atoms with Crippen LogP contribution in [0, 0.1) is 5.92 Å². The summed E-state index contributed by atoms with van der Waals surface area (Å²) in [5, 5.41) is 0. The molecule has 0 atom stereocenters. The number of rotatable bonds is 4. The molecule has 122 valence electrons. The number of nitrogens with zero attached hydrogens (tertiary/aromatic N) is 2. The van der Waals surface area contributed by atoms with Gasteiger partial charge in [-0.3, -0.25) is 4.72 Å². The summed E-state index contributed by atoms with van der Waals surface area (Å²) < 4.78 is 28.7. The van der Waals surface area contributed by atoms with E-state index in [4.69, 9.17) is 0 Å². The zero-order valence-corrected chi connectivity index (χ0v) is 14.0. The fraction of sp³-hybridized carbons (Fsp3) is 0.625. The monoisotopic (exact) mass is 323 g/mol. The van der Waals surface area contributed by atoms with E-state index in [-0.39, 0.29) is 0 Å². The highest BCUT2D eigenvalue weighted by Gasteiger charge is 2.25. The normalized spacial score (nSPS) is 21.2. The Morgan fingerprint density at radius 1 is 1.00 bits per heavy atom. The molecule has 1 N–H and O–H groups in total. The van der Waals surface area contributed by atoms with Crippen molar-refractivity contribution in [1.82, 2.24) is 4.31 Å². The molecule has 3 rings (SSSR count). The van der Waals surface area contributed by atoms with Crippen molar-refractivity contribution in [3.63, 3.8) is 0 Å². The van der Waals surface area contributed by atoms with Crippen LogP contribution in [0.4, 0.5) is 11.4 Å². The SMILES string of the molecule is CC1CCN(c2ccc(NS(=O)(=O)N3CCCC3)cc2)CC1. The average molecular weight is 323 g/mol. The lowest BCUT2D eigenvalue weighted by Crippen LogP contribution is -2.33. The van der Waals surface area contributed by atoms with E-state index in [9.17, 15) is 8.42 Å². The quantitative estimate of drug-likeness (QED) is 0.927. The molecule has 2 aliphatic rings. The molecule has 0 saturated carbocycles. The maximum Gasteiger partial charge on any atom is 0.301 e. The first-order valence-electron chi connectivity index (χ1n) is 8.17. The number of benzene rings is 1. The van der Waals surface area contributed by atoms with E-state index < -0.39 is 10.2 Å². The van der Waals surface area contributed by atoms with E-state index in [1.165, 1.54) is 22.8 Å². The van der Waals surface area contributed by atoms with Crippen LogP contribution >= 0.6 is 0 Å². The average Bonchev–Trinajstić information content (AvgIpc) is 3.04. The van der Waals surface area contributed by atoms with Crippen LogP contribution in [0.5, 0.6) is 0 Å². The van der Waals surface area contributed by atoms with E-state index in [1.807, 2.05) is 24.3 Å². The van der Waals surface area contributed by atoms with Gasteiger partial charge in [-0.25, -0.2) is 0 Å². The number of hydrogen-bond donors (Lipinski definition) is 1. The minimum atomic E-state index is -3.39. The highest BCUT2D eigenvalue weighted by molar-refractivity contribution is 7.90. The van der Waals surface area contributed by atoms with Gasteiger partial charge in [0.25, 0.3) is 0 Å². The van der Waals surface area contributed by atoms with E-state index in [1.54, 1.807) is 0 Å². The Morgan fingerprint density at radius 3 is 2.18 bits per heavy atom. The molecule has 1 aromatic carbocycles. The second kappa shape index (κ2) is 6.46. The molecule has 0 spiro atoms. The third kappa shape index (κ3) is 3.55. The minimum absolute atomic E-state index is 0.624. The number of hydrogen-bond acceptors (Lipinski definition) is 3. The second-order valence-electron chi connectivity index (χ2n) is 6.43. The molecule has 0 radical (unpaired) electrons. The van der Waals surface area contributed by atoms with Crippen molar-refractivity contribution in [2.75, 3.05) is 35.8 Å². The molecule has 2 fully saturated rings. The lowest BCUT2D eigenvalue weighted by molar-refractivity contribution is 0.438. The summed E-state index contributed by atoms with van der Waals surface area (Å²) in [6.07, 6.45) is 4.35. The van der Waals surface area contributed by atoms with Gasteiger partial charge in [-0.05, 0) is 55.9 Å². The van der Waals surface area contributed by atoms with Crippen molar-refractivity contribution in [2.24, 2.45) is 5.92 Å². The summed E-state index contributed by atoms with van der Waals surface area (Å²) in [5.41, 5.74) is 1.82. The summed E-state index contributed by atoms with van der Waals surface area (Å²) in [6, 6.07) is 7.75. The van der Waals surface area contributed by atoms with Crippen LogP contribution in [0.3, 0.4) is 0 Å². The predicted octanol–water partition coefficient (Wildman–Crippen LogP) is 2.68. The smallest absolute Gasteiger partial charge is 0.301 e. The molecule has 0 aromatic heterocycles. The van der Waals surface area contributed by atoms with Gasteiger partial charge in [-0.2, -0.15) is 12.7 Å².